The second-order valence-corrected chi connectivity index (χ2v) is 5.57. The summed E-state index contributed by atoms with van der Waals surface area (Å²) in [5.41, 5.74) is 1.54. The second-order valence-electron chi connectivity index (χ2n) is 5.57. The number of ether oxygens (including phenoxy) is 2. The third kappa shape index (κ3) is 3.45. The summed E-state index contributed by atoms with van der Waals surface area (Å²) in [6.07, 6.45) is 4.54. The van der Waals surface area contributed by atoms with Crippen LogP contribution in [0.1, 0.15) is 25.0 Å². The molecule has 1 fully saturated rings. The monoisotopic (exact) mass is 313 g/mol. The molecule has 2 heterocycles. The highest BCUT2D eigenvalue weighted by Gasteiger charge is 2.38. The quantitative estimate of drug-likeness (QED) is 0.485. The lowest BCUT2D eigenvalue weighted by Gasteiger charge is -2.29. The molecule has 1 aromatic heterocycles. The van der Waals surface area contributed by atoms with Crippen LogP contribution in [0.5, 0.6) is 0 Å². The summed E-state index contributed by atoms with van der Waals surface area (Å²) in [6.45, 7) is 3.57. The van der Waals surface area contributed by atoms with Crippen molar-refractivity contribution in [2.24, 2.45) is 0 Å². The minimum Gasteiger partial charge on any atom is -0.419 e. The number of carbonyl (C=O) groups is 2. The first kappa shape index (κ1) is 15.0. The van der Waals surface area contributed by atoms with Crippen LogP contribution in [0.15, 0.2) is 42.5 Å². The predicted molar refractivity (Wildman–Crippen MR) is 79.8 cm³/mol. The molecule has 1 saturated heterocycles. The van der Waals surface area contributed by atoms with Crippen molar-refractivity contribution in [3.63, 3.8) is 0 Å². The van der Waals surface area contributed by atoms with E-state index in [1.54, 1.807) is 17.1 Å². The molecule has 1 aliphatic heterocycles. The Morgan fingerprint density at radius 2 is 1.96 bits per heavy atom. The van der Waals surface area contributed by atoms with Gasteiger partial charge in [-0.15, -0.1) is 0 Å². The number of rotatable bonds is 3. The Balaban J connectivity index is 1.84. The van der Waals surface area contributed by atoms with Crippen molar-refractivity contribution in [2.45, 2.75) is 26.2 Å². The molecule has 0 unspecified atom stereocenters. The van der Waals surface area contributed by atoms with Gasteiger partial charge in [-0.05, 0) is 23.3 Å². The minimum absolute atomic E-state index is 0.123. The topological polar surface area (TPSA) is 83.3 Å². The molecule has 0 bridgehead atoms. The molecule has 23 heavy (non-hydrogen) atoms. The van der Waals surface area contributed by atoms with Crippen molar-refractivity contribution in [3.8, 4) is 0 Å². The highest BCUT2D eigenvalue weighted by atomic mass is 16.7. The molecular weight excluding hydrogens is 298 g/mol. The van der Waals surface area contributed by atoms with E-state index in [0.717, 1.165) is 5.56 Å². The SMILES string of the molecule is CC1(C)OC(=O)C(=Cc2cccc(Cn3cncn3)c2)C(=O)O1. The summed E-state index contributed by atoms with van der Waals surface area (Å²) in [5.74, 6) is -2.61. The summed E-state index contributed by atoms with van der Waals surface area (Å²) >= 11 is 0. The maximum atomic E-state index is 12.0. The van der Waals surface area contributed by atoms with Crippen molar-refractivity contribution in [2.75, 3.05) is 0 Å². The van der Waals surface area contributed by atoms with Gasteiger partial charge in [-0.25, -0.2) is 19.3 Å². The van der Waals surface area contributed by atoms with Crippen LogP contribution in [0.2, 0.25) is 0 Å². The molecule has 2 aromatic rings. The van der Waals surface area contributed by atoms with Gasteiger partial charge in [0, 0.05) is 13.8 Å². The van der Waals surface area contributed by atoms with Crippen molar-refractivity contribution < 1.29 is 19.1 Å². The molecule has 118 valence electrons. The third-order valence-electron chi connectivity index (χ3n) is 3.19. The Bertz CT molecular complexity index is 756. The summed E-state index contributed by atoms with van der Waals surface area (Å²) in [5, 5.41) is 4.04. The summed E-state index contributed by atoms with van der Waals surface area (Å²) in [4.78, 5) is 27.8. The average Bonchev–Trinajstić information content (AvgIpc) is 2.95. The molecule has 7 heteroatoms. The molecule has 0 aliphatic carbocycles. The molecule has 0 atom stereocenters. The van der Waals surface area contributed by atoms with Gasteiger partial charge in [-0.1, -0.05) is 18.2 Å². The number of benzene rings is 1. The van der Waals surface area contributed by atoms with Gasteiger partial charge in [0.15, 0.2) is 0 Å². The van der Waals surface area contributed by atoms with Crippen LogP contribution >= 0.6 is 0 Å². The van der Waals surface area contributed by atoms with Gasteiger partial charge in [-0.3, -0.25) is 0 Å². The van der Waals surface area contributed by atoms with Crippen molar-refractivity contribution in [1.82, 2.24) is 14.8 Å². The lowest BCUT2D eigenvalue weighted by Crippen LogP contribution is -2.41. The predicted octanol–water partition coefficient (Wildman–Crippen LogP) is 1.55. The van der Waals surface area contributed by atoms with Crippen LogP contribution < -0.4 is 0 Å². The Labute approximate surface area is 132 Å². The number of hydrogen-bond acceptors (Lipinski definition) is 6. The van der Waals surface area contributed by atoms with Gasteiger partial charge in [0.25, 0.3) is 5.79 Å². The van der Waals surface area contributed by atoms with Gasteiger partial charge in [0.05, 0.1) is 6.54 Å². The van der Waals surface area contributed by atoms with Crippen molar-refractivity contribution in [3.05, 3.63) is 53.6 Å². The zero-order chi connectivity index (χ0) is 16.4. The molecule has 0 saturated carbocycles. The van der Waals surface area contributed by atoms with Crippen molar-refractivity contribution in [1.29, 1.82) is 0 Å². The van der Waals surface area contributed by atoms with Gasteiger partial charge in [0.2, 0.25) is 0 Å². The van der Waals surface area contributed by atoms with Crippen LogP contribution in [-0.4, -0.2) is 32.5 Å². The van der Waals surface area contributed by atoms with Crippen LogP contribution in [0.3, 0.4) is 0 Å². The van der Waals surface area contributed by atoms with E-state index in [1.165, 1.54) is 26.3 Å². The number of carbonyl (C=O) groups excluding carboxylic acids is 2. The van der Waals surface area contributed by atoms with Gasteiger partial charge in [-0.2, -0.15) is 5.10 Å². The second kappa shape index (κ2) is 5.68. The fourth-order valence-corrected chi connectivity index (χ4v) is 2.23. The lowest BCUT2D eigenvalue weighted by molar-refractivity contribution is -0.222. The number of hydrogen-bond donors (Lipinski definition) is 0. The van der Waals surface area contributed by atoms with Crippen LogP contribution in [0.4, 0.5) is 0 Å². The molecule has 1 aromatic carbocycles. The maximum absolute atomic E-state index is 12.0. The molecule has 0 spiro atoms. The Kier molecular flexibility index (Phi) is 3.69. The smallest absolute Gasteiger partial charge is 0.348 e. The Morgan fingerprint density at radius 3 is 2.61 bits per heavy atom. The van der Waals surface area contributed by atoms with E-state index in [1.807, 2.05) is 18.2 Å². The zero-order valence-corrected chi connectivity index (χ0v) is 12.7. The molecule has 0 N–H and O–H groups in total. The van der Waals surface area contributed by atoms with E-state index < -0.39 is 17.7 Å². The van der Waals surface area contributed by atoms with Crippen molar-refractivity contribution >= 4 is 18.0 Å². The lowest BCUT2D eigenvalue weighted by atomic mass is 10.1. The Hall–Kier alpha value is -2.96. The third-order valence-corrected chi connectivity index (χ3v) is 3.19. The number of nitrogens with zero attached hydrogens (tertiary/aromatic N) is 3. The molecule has 0 radical (unpaired) electrons. The normalized spacial score (nSPS) is 16.7. The standard InChI is InChI=1S/C16H15N3O4/c1-16(2)22-14(20)13(15(21)23-16)7-11-4-3-5-12(6-11)8-19-10-17-9-18-19/h3-7,9-10H,8H2,1-2H3. The van der Waals surface area contributed by atoms with E-state index in [4.69, 9.17) is 9.47 Å². The van der Waals surface area contributed by atoms with E-state index >= 15 is 0 Å². The van der Waals surface area contributed by atoms with E-state index in [-0.39, 0.29) is 5.57 Å². The van der Waals surface area contributed by atoms with Gasteiger partial charge in [0.1, 0.15) is 18.2 Å². The van der Waals surface area contributed by atoms with Crippen LogP contribution in [0.25, 0.3) is 6.08 Å². The number of cyclic esters (lactones) is 2. The molecular formula is C16H15N3O4. The van der Waals surface area contributed by atoms with Gasteiger partial charge < -0.3 is 9.47 Å². The minimum atomic E-state index is -1.24. The number of aromatic nitrogens is 3. The summed E-state index contributed by atoms with van der Waals surface area (Å²) in [7, 11) is 0. The highest BCUT2D eigenvalue weighted by Crippen LogP contribution is 2.24. The van der Waals surface area contributed by atoms with E-state index in [9.17, 15) is 9.59 Å². The molecule has 0 amide bonds. The van der Waals surface area contributed by atoms with Crippen LogP contribution in [-0.2, 0) is 25.6 Å². The summed E-state index contributed by atoms with van der Waals surface area (Å²) in [6, 6.07) is 7.40. The summed E-state index contributed by atoms with van der Waals surface area (Å²) < 4.78 is 11.8. The molecule has 1 aliphatic rings. The fourth-order valence-electron chi connectivity index (χ4n) is 2.23. The highest BCUT2D eigenvalue weighted by molar-refractivity contribution is 6.18. The number of esters is 2. The Morgan fingerprint density at radius 1 is 1.22 bits per heavy atom. The first-order valence-electron chi connectivity index (χ1n) is 7.03. The largest absolute Gasteiger partial charge is 0.419 e. The van der Waals surface area contributed by atoms with E-state index in [2.05, 4.69) is 10.1 Å². The average molecular weight is 313 g/mol. The molecule has 3 rings (SSSR count). The van der Waals surface area contributed by atoms with Gasteiger partial charge >= 0.3 is 11.9 Å². The fraction of sp³-hybridized carbons (Fsp3) is 0.250. The van der Waals surface area contributed by atoms with Crippen LogP contribution in [0, 0.1) is 0 Å². The first-order chi connectivity index (χ1) is 10.9. The zero-order valence-electron chi connectivity index (χ0n) is 12.7. The maximum Gasteiger partial charge on any atom is 0.348 e. The first-order valence-corrected chi connectivity index (χ1v) is 7.03. The molecule has 7 nitrogen and oxygen atoms in total. The van der Waals surface area contributed by atoms with E-state index in [0.29, 0.717) is 12.1 Å².